The van der Waals surface area contributed by atoms with Crippen LogP contribution in [0.3, 0.4) is 0 Å². The molecule has 200 valence electrons. The fraction of sp³-hybridized carbons (Fsp3) is 0.556. The zero-order chi connectivity index (χ0) is 27.0. The van der Waals surface area contributed by atoms with Gasteiger partial charge in [0, 0.05) is 40.2 Å². The number of carbonyl (C=O) groups excluding carboxylic acids is 1. The van der Waals surface area contributed by atoms with E-state index in [1.54, 1.807) is 10.8 Å². The largest absolute Gasteiger partial charge is 0.476 e. The summed E-state index contributed by atoms with van der Waals surface area (Å²) in [4.78, 5) is 13.0. The van der Waals surface area contributed by atoms with E-state index >= 15 is 0 Å². The van der Waals surface area contributed by atoms with E-state index < -0.39 is 30.0 Å². The minimum absolute atomic E-state index is 0.117. The Morgan fingerprint density at radius 1 is 1.25 bits per heavy atom. The van der Waals surface area contributed by atoms with Gasteiger partial charge in [0.2, 0.25) is 5.88 Å². The van der Waals surface area contributed by atoms with E-state index in [1.165, 1.54) is 0 Å². The summed E-state index contributed by atoms with van der Waals surface area (Å²) in [5.74, 6) is -0.118. The minimum Gasteiger partial charge on any atom is -0.476 e. The molecule has 0 aliphatic rings. The van der Waals surface area contributed by atoms with Gasteiger partial charge >= 0.3 is 5.97 Å². The van der Waals surface area contributed by atoms with E-state index in [9.17, 15) is 9.00 Å². The van der Waals surface area contributed by atoms with Crippen molar-refractivity contribution in [2.75, 3.05) is 18.1 Å². The average Bonchev–Trinajstić information content (AvgIpc) is 3.25. The molecule has 0 unspecified atom stereocenters. The van der Waals surface area contributed by atoms with Gasteiger partial charge in [-0.15, -0.1) is 11.7 Å². The Labute approximate surface area is 218 Å². The first kappa shape index (κ1) is 29.8. The fourth-order valence-electron chi connectivity index (χ4n) is 3.48. The lowest BCUT2D eigenvalue weighted by Crippen LogP contribution is -2.39. The Balaban J connectivity index is 2.28. The van der Waals surface area contributed by atoms with E-state index in [0.717, 1.165) is 12.1 Å². The number of nitrogens with zero attached hydrogens (tertiary/aromatic N) is 3. The van der Waals surface area contributed by atoms with Crippen molar-refractivity contribution < 1.29 is 18.5 Å². The highest BCUT2D eigenvalue weighted by atomic mass is 32.2. The zero-order valence-electron chi connectivity index (χ0n) is 22.9. The Morgan fingerprint density at radius 3 is 2.47 bits per heavy atom. The van der Waals surface area contributed by atoms with Gasteiger partial charge in [-0.3, -0.25) is 13.5 Å². The highest BCUT2D eigenvalue weighted by molar-refractivity contribution is 7.95. The second kappa shape index (κ2) is 12.7. The lowest BCUT2D eigenvalue weighted by Gasteiger charge is -2.34. The third-order valence-electron chi connectivity index (χ3n) is 6.55. The van der Waals surface area contributed by atoms with Gasteiger partial charge in [-0.2, -0.15) is 0 Å². The first-order valence-corrected chi connectivity index (χ1v) is 17.3. The molecule has 0 aliphatic carbocycles. The fourth-order valence-corrected chi connectivity index (χ4v) is 9.98. The first-order valence-electron chi connectivity index (χ1n) is 12.5. The van der Waals surface area contributed by atoms with Crippen LogP contribution in [-0.4, -0.2) is 46.3 Å². The average molecular weight is 534 g/mol. The molecule has 0 spiro atoms. The molecular formula is C27H43N3O4SSi. The van der Waals surface area contributed by atoms with E-state index in [-0.39, 0.29) is 22.5 Å². The topological polar surface area (TPSA) is 82.8 Å². The van der Waals surface area contributed by atoms with Crippen LogP contribution >= 0.6 is 0 Å². The van der Waals surface area contributed by atoms with Crippen molar-refractivity contribution in [3.8, 4) is 5.88 Å². The highest BCUT2D eigenvalue weighted by Crippen LogP contribution is 2.38. The Bertz CT molecular complexity index is 1120. The molecule has 1 heterocycles. The minimum atomic E-state index is -2.92. The van der Waals surface area contributed by atoms with Crippen molar-refractivity contribution in [2.45, 2.75) is 71.8 Å². The van der Waals surface area contributed by atoms with Crippen LogP contribution in [0.2, 0.25) is 18.1 Å². The maximum Gasteiger partial charge on any atom is 0.320 e. The molecule has 1 aromatic carbocycles. The van der Waals surface area contributed by atoms with E-state index in [1.807, 2.05) is 56.4 Å². The van der Waals surface area contributed by atoms with Gasteiger partial charge in [-0.25, -0.2) is 4.21 Å². The van der Waals surface area contributed by atoms with Gasteiger partial charge in [-0.1, -0.05) is 57.2 Å². The van der Waals surface area contributed by atoms with Crippen molar-refractivity contribution in [1.82, 2.24) is 9.78 Å². The van der Waals surface area contributed by atoms with E-state index in [4.69, 9.17) is 13.5 Å². The van der Waals surface area contributed by atoms with E-state index in [2.05, 4.69) is 45.5 Å². The van der Waals surface area contributed by atoms with Crippen molar-refractivity contribution in [3.05, 3.63) is 60.8 Å². The molecule has 0 radical (unpaired) electrons. The van der Waals surface area contributed by atoms with Gasteiger partial charge in [0.1, 0.15) is 11.9 Å². The molecule has 0 saturated carbocycles. The van der Waals surface area contributed by atoms with Crippen LogP contribution in [0.15, 0.2) is 59.3 Å². The molecule has 0 fully saturated rings. The number of aromatic nitrogens is 2. The molecule has 0 N–H and O–H groups in total. The number of hydrogen-bond acceptors (Lipinski definition) is 6. The van der Waals surface area contributed by atoms with Gasteiger partial charge < -0.3 is 9.47 Å². The van der Waals surface area contributed by atoms with Gasteiger partial charge in [0.25, 0.3) is 0 Å². The Morgan fingerprint density at radius 2 is 1.92 bits per heavy atom. The standard InChI is InChI=1S/C27H43N3O4SSi/c1-9-14-23(19-33-25-17-18-30(10-2)28-25)20-35(32,29-36(7,8)27(4,5)6)21-26(31)34-22(3)24-15-12-11-13-16-24/h9,11-13,15-18,22-23H,1,10,14,19-21H2,2-8H3/t22-,23+,35-/m0/s1. The summed E-state index contributed by atoms with van der Waals surface area (Å²) in [5, 5.41) is 4.25. The first-order chi connectivity index (χ1) is 16.8. The number of hydrogen-bond donors (Lipinski definition) is 0. The Kier molecular flexibility index (Phi) is 10.5. The number of esters is 1. The van der Waals surface area contributed by atoms with Crippen LogP contribution < -0.4 is 4.74 Å². The van der Waals surface area contributed by atoms with Crippen molar-refractivity contribution in [2.24, 2.45) is 9.95 Å². The number of carbonyl (C=O) groups is 1. The molecule has 7 nitrogen and oxygen atoms in total. The normalized spacial score (nSPS) is 15.4. The summed E-state index contributed by atoms with van der Waals surface area (Å²) in [6.45, 7) is 19.3. The number of allylic oxidation sites excluding steroid dienone is 1. The summed E-state index contributed by atoms with van der Waals surface area (Å²) in [6, 6.07) is 11.3. The zero-order valence-corrected chi connectivity index (χ0v) is 24.7. The molecule has 36 heavy (non-hydrogen) atoms. The molecule has 2 rings (SSSR count). The van der Waals surface area contributed by atoms with Crippen molar-refractivity contribution in [1.29, 1.82) is 0 Å². The van der Waals surface area contributed by atoms with Gasteiger partial charge in [0.15, 0.2) is 8.24 Å². The molecule has 3 atom stereocenters. The van der Waals surface area contributed by atoms with Crippen LogP contribution in [0, 0.1) is 5.92 Å². The van der Waals surface area contributed by atoms with Crippen LogP contribution in [-0.2, 0) is 25.8 Å². The predicted octanol–water partition coefficient (Wildman–Crippen LogP) is 6.25. The predicted molar refractivity (Wildman–Crippen MR) is 150 cm³/mol. The summed E-state index contributed by atoms with van der Waals surface area (Å²) >= 11 is 0. The molecule has 9 heteroatoms. The molecule has 0 bridgehead atoms. The second-order valence-corrected chi connectivity index (χ2v) is 18.3. The van der Waals surface area contributed by atoms with Crippen LogP contribution in [0.1, 0.15) is 52.7 Å². The summed E-state index contributed by atoms with van der Waals surface area (Å²) < 4.78 is 32.8. The number of benzene rings is 1. The number of aryl methyl sites for hydroxylation is 1. The number of rotatable bonds is 13. The Hall–Kier alpha value is -2.39. The van der Waals surface area contributed by atoms with Crippen molar-refractivity contribution >= 4 is 23.9 Å². The summed E-state index contributed by atoms with van der Waals surface area (Å²) in [5.41, 5.74) is 0.892. The van der Waals surface area contributed by atoms with Crippen LogP contribution in [0.25, 0.3) is 0 Å². The second-order valence-electron chi connectivity index (χ2n) is 10.7. The monoisotopic (exact) mass is 533 g/mol. The molecular weight excluding hydrogens is 490 g/mol. The lowest BCUT2D eigenvalue weighted by atomic mass is 10.1. The molecule has 0 amide bonds. The van der Waals surface area contributed by atoms with Crippen LogP contribution in [0.5, 0.6) is 5.88 Å². The van der Waals surface area contributed by atoms with Crippen molar-refractivity contribution in [3.63, 3.8) is 0 Å². The van der Waals surface area contributed by atoms with Crippen LogP contribution in [0.4, 0.5) is 0 Å². The third-order valence-corrected chi connectivity index (χ3v) is 15.1. The third kappa shape index (κ3) is 8.92. The quantitative estimate of drug-likeness (QED) is 0.173. The molecule has 0 saturated heterocycles. The maximum absolute atomic E-state index is 14.4. The number of ether oxygens (including phenoxy) is 2. The molecule has 0 aliphatic heterocycles. The maximum atomic E-state index is 14.4. The van der Waals surface area contributed by atoms with Gasteiger partial charge in [-0.05, 0) is 44.0 Å². The summed E-state index contributed by atoms with van der Waals surface area (Å²) in [7, 11) is -5.25. The van der Waals surface area contributed by atoms with Gasteiger partial charge in [0.05, 0.1) is 6.61 Å². The highest BCUT2D eigenvalue weighted by Gasteiger charge is 2.38. The summed E-state index contributed by atoms with van der Waals surface area (Å²) in [6.07, 6.45) is 3.81. The SMILES string of the molecule is C=CC[C@H](COc1ccn(CC)n1)C[S@](=O)(CC(=O)O[C@@H](C)c1ccccc1)=N[Si](C)(C)C(C)(C)C. The van der Waals surface area contributed by atoms with E-state index in [0.29, 0.717) is 18.9 Å². The molecule has 1 aromatic heterocycles. The molecule has 2 aromatic rings. The smallest absolute Gasteiger partial charge is 0.320 e. The lowest BCUT2D eigenvalue weighted by molar-refractivity contribution is -0.145.